The number of hydrogen-bond donors (Lipinski definition) is 0. The molecule has 1 spiro atoms. The van der Waals surface area contributed by atoms with Crippen LogP contribution < -0.4 is 4.74 Å². The van der Waals surface area contributed by atoms with Crippen LogP contribution in [-0.4, -0.2) is 62.7 Å². The molecule has 2 aliphatic heterocycles. The van der Waals surface area contributed by atoms with Crippen molar-refractivity contribution in [2.24, 2.45) is 5.41 Å². The van der Waals surface area contributed by atoms with Crippen LogP contribution in [0.25, 0.3) is 0 Å². The summed E-state index contributed by atoms with van der Waals surface area (Å²) in [5.74, 6) is 1.24. The number of rotatable bonds is 6. The minimum absolute atomic E-state index is 0.238. The Kier molecular flexibility index (Phi) is 5.97. The SMILES string of the molecule is COCCN1C[C@]2(CCCN(Cc3ccccc3OC)C2)CCC1=O. The van der Waals surface area contributed by atoms with Gasteiger partial charge in [0.05, 0.1) is 13.7 Å². The van der Waals surface area contributed by atoms with Gasteiger partial charge in [0.1, 0.15) is 5.75 Å². The lowest BCUT2D eigenvalue weighted by Crippen LogP contribution is -2.54. The second kappa shape index (κ2) is 8.19. The first kappa shape index (κ1) is 18.2. The van der Waals surface area contributed by atoms with Gasteiger partial charge in [-0.1, -0.05) is 18.2 Å². The maximum absolute atomic E-state index is 12.2. The summed E-state index contributed by atoms with van der Waals surface area (Å²) >= 11 is 0. The molecular weight excluding hydrogens is 316 g/mol. The predicted octanol–water partition coefficient (Wildman–Crippen LogP) is 2.55. The summed E-state index contributed by atoms with van der Waals surface area (Å²) in [6, 6.07) is 8.26. The van der Waals surface area contributed by atoms with Crippen molar-refractivity contribution in [1.82, 2.24) is 9.80 Å². The fourth-order valence-corrected chi connectivity index (χ4v) is 4.36. The molecule has 2 fully saturated rings. The van der Waals surface area contributed by atoms with E-state index in [-0.39, 0.29) is 11.3 Å². The molecule has 1 aromatic carbocycles. The Morgan fingerprint density at radius 2 is 2.00 bits per heavy atom. The van der Waals surface area contributed by atoms with Gasteiger partial charge in [0.15, 0.2) is 0 Å². The number of para-hydroxylation sites is 1. The Balaban J connectivity index is 1.66. The number of nitrogens with zero attached hydrogens (tertiary/aromatic N) is 2. The van der Waals surface area contributed by atoms with Crippen LogP contribution in [0.3, 0.4) is 0 Å². The van der Waals surface area contributed by atoms with E-state index >= 15 is 0 Å². The number of hydrogen-bond acceptors (Lipinski definition) is 4. The number of benzene rings is 1. The van der Waals surface area contributed by atoms with E-state index in [1.807, 2.05) is 17.0 Å². The third-order valence-corrected chi connectivity index (χ3v) is 5.64. The lowest BCUT2D eigenvalue weighted by Gasteiger charge is -2.48. The molecule has 25 heavy (non-hydrogen) atoms. The number of likely N-dealkylation sites (tertiary alicyclic amines) is 2. The molecule has 2 heterocycles. The van der Waals surface area contributed by atoms with Crippen molar-refractivity contribution in [3.05, 3.63) is 29.8 Å². The fraction of sp³-hybridized carbons (Fsp3) is 0.650. The average Bonchev–Trinajstić information content (AvgIpc) is 2.63. The highest BCUT2D eigenvalue weighted by Crippen LogP contribution is 2.39. The first-order valence-electron chi connectivity index (χ1n) is 9.27. The zero-order valence-corrected chi connectivity index (χ0v) is 15.5. The molecule has 1 amide bonds. The maximum atomic E-state index is 12.2. The Bertz CT molecular complexity index is 592. The zero-order valence-electron chi connectivity index (χ0n) is 15.5. The van der Waals surface area contributed by atoms with Crippen LogP contribution in [-0.2, 0) is 16.1 Å². The molecule has 2 aliphatic rings. The molecule has 138 valence electrons. The summed E-state index contributed by atoms with van der Waals surface area (Å²) in [5.41, 5.74) is 1.48. The van der Waals surface area contributed by atoms with Gasteiger partial charge in [-0.3, -0.25) is 9.69 Å². The molecule has 2 saturated heterocycles. The third-order valence-electron chi connectivity index (χ3n) is 5.64. The van der Waals surface area contributed by atoms with Gasteiger partial charge in [0.2, 0.25) is 5.91 Å². The van der Waals surface area contributed by atoms with Crippen LogP contribution in [0.1, 0.15) is 31.2 Å². The highest BCUT2D eigenvalue weighted by atomic mass is 16.5. The van der Waals surface area contributed by atoms with Crippen molar-refractivity contribution in [1.29, 1.82) is 0 Å². The molecule has 1 aromatic rings. The molecule has 0 aliphatic carbocycles. The van der Waals surface area contributed by atoms with Crippen LogP contribution in [0.2, 0.25) is 0 Å². The van der Waals surface area contributed by atoms with Gasteiger partial charge >= 0.3 is 0 Å². The minimum Gasteiger partial charge on any atom is -0.496 e. The lowest BCUT2D eigenvalue weighted by atomic mass is 9.73. The molecule has 0 bridgehead atoms. The molecule has 5 nitrogen and oxygen atoms in total. The van der Waals surface area contributed by atoms with Crippen LogP contribution in [0, 0.1) is 5.41 Å². The second-order valence-electron chi connectivity index (χ2n) is 7.43. The second-order valence-corrected chi connectivity index (χ2v) is 7.43. The van der Waals surface area contributed by atoms with E-state index in [1.165, 1.54) is 18.4 Å². The largest absolute Gasteiger partial charge is 0.496 e. The van der Waals surface area contributed by atoms with Gasteiger partial charge in [0.25, 0.3) is 0 Å². The van der Waals surface area contributed by atoms with Crippen molar-refractivity contribution in [2.45, 2.75) is 32.2 Å². The molecule has 0 radical (unpaired) electrons. The third kappa shape index (κ3) is 4.33. The molecule has 1 atom stereocenters. The Morgan fingerprint density at radius 3 is 2.80 bits per heavy atom. The van der Waals surface area contributed by atoms with Crippen molar-refractivity contribution in [3.8, 4) is 5.75 Å². The minimum atomic E-state index is 0.238. The highest BCUT2D eigenvalue weighted by Gasteiger charge is 2.41. The van der Waals surface area contributed by atoms with Crippen molar-refractivity contribution >= 4 is 5.91 Å². The average molecular weight is 346 g/mol. The summed E-state index contributed by atoms with van der Waals surface area (Å²) in [5, 5.41) is 0. The quantitative estimate of drug-likeness (QED) is 0.794. The van der Waals surface area contributed by atoms with E-state index < -0.39 is 0 Å². The molecule has 3 rings (SSSR count). The molecule has 5 heteroatoms. The van der Waals surface area contributed by atoms with Crippen LogP contribution >= 0.6 is 0 Å². The lowest BCUT2D eigenvalue weighted by molar-refractivity contribution is -0.140. The summed E-state index contributed by atoms with van der Waals surface area (Å²) in [6.07, 6.45) is 4.09. The van der Waals surface area contributed by atoms with Crippen molar-refractivity contribution in [2.75, 3.05) is 47.0 Å². The van der Waals surface area contributed by atoms with E-state index in [0.717, 1.165) is 38.3 Å². The zero-order chi connectivity index (χ0) is 17.7. The first-order valence-corrected chi connectivity index (χ1v) is 9.27. The number of methoxy groups -OCH3 is 2. The molecule has 0 saturated carbocycles. The summed E-state index contributed by atoms with van der Waals surface area (Å²) in [4.78, 5) is 16.8. The number of amides is 1. The molecule has 0 unspecified atom stereocenters. The number of piperidine rings is 2. The molecular formula is C20H30N2O3. The fourth-order valence-electron chi connectivity index (χ4n) is 4.36. The summed E-state index contributed by atoms with van der Waals surface area (Å²) in [7, 11) is 3.43. The Hall–Kier alpha value is -1.59. The maximum Gasteiger partial charge on any atom is 0.222 e. The topological polar surface area (TPSA) is 42.0 Å². The van der Waals surface area contributed by atoms with E-state index in [4.69, 9.17) is 9.47 Å². The standard InChI is InChI=1S/C20H30N2O3/c1-24-13-12-22-16-20(10-8-19(22)23)9-5-11-21(15-20)14-17-6-3-4-7-18(17)25-2/h3-4,6-7H,5,8-16H2,1-2H3/t20-/m1/s1. The van der Waals surface area contributed by atoms with Gasteiger partial charge in [-0.05, 0) is 31.9 Å². The van der Waals surface area contributed by atoms with E-state index in [9.17, 15) is 4.79 Å². The predicted molar refractivity (Wildman–Crippen MR) is 97.6 cm³/mol. The van der Waals surface area contributed by atoms with E-state index in [0.29, 0.717) is 19.6 Å². The smallest absolute Gasteiger partial charge is 0.222 e. The van der Waals surface area contributed by atoms with Gasteiger partial charge in [-0.2, -0.15) is 0 Å². The summed E-state index contributed by atoms with van der Waals surface area (Å²) < 4.78 is 10.7. The van der Waals surface area contributed by atoms with E-state index in [1.54, 1.807) is 14.2 Å². The summed E-state index contributed by atoms with van der Waals surface area (Å²) in [6.45, 7) is 5.29. The van der Waals surface area contributed by atoms with Crippen molar-refractivity contribution in [3.63, 3.8) is 0 Å². The van der Waals surface area contributed by atoms with Gasteiger partial charge in [0, 0.05) is 50.7 Å². The number of carbonyl (C=O) groups excluding carboxylic acids is 1. The highest BCUT2D eigenvalue weighted by molar-refractivity contribution is 5.77. The first-order chi connectivity index (χ1) is 12.2. The number of carbonyl (C=O) groups is 1. The van der Waals surface area contributed by atoms with Crippen LogP contribution in [0.5, 0.6) is 5.75 Å². The number of ether oxygens (including phenoxy) is 2. The monoisotopic (exact) mass is 346 g/mol. The normalized spacial score (nSPS) is 24.7. The van der Waals surface area contributed by atoms with Gasteiger partial charge in [-0.25, -0.2) is 0 Å². The Morgan fingerprint density at radius 1 is 1.16 bits per heavy atom. The van der Waals surface area contributed by atoms with Crippen LogP contribution in [0.15, 0.2) is 24.3 Å². The molecule has 0 aromatic heterocycles. The van der Waals surface area contributed by atoms with E-state index in [2.05, 4.69) is 17.0 Å². The van der Waals surface area contributed by atoms with Gasteiger partial charge in [-0.15, -0.1) is 0 Å². The van der Waals surface area contributed by atoms with Gasteiger partial charge < -0.3 is 14.4 Å². The van der Waals surface area contributed by atoms with Crippen molar-refractivity contribution < 1.29 is 14.3 Å². The molecule has 0 N–H and O–H groups in total. The van der Waals surface area contributed by atoms with Crippen LogP contribution in [0.4, 0.5) is 0 Å². The Labute approximate surface area is 150 Å².